The first-order valence-corrected chi connectivity index (χ1v) is 6.93. The SMILES string of the molecule is COc1c(C2(C(=O)O)CC(C)C(C)(C(F)(F)F)O2)ccc(F)c1F. The number of aliphatic carboxylic acids is 1. The summed E-state index contributed by atoms with van der Waals surface area (Å²) < 4.78 is 77.0. The summed E-state index contributed by atoms with van der Waals surface area (Å²) in [5.41, 5.74) is -5.78. The summed E-state index contributed by atoms with van der Waals surface area (Å²) in [4.78, 5) is 11.8. The summed E-state index contributed by atoms with van der Waals surface area (Å²) >= 11 is 0. The average Bonchev–Trinajstić information content (AvgIpc) is 2.75. The fourth-order valence-corrected chi connectivity index (χ4v) is 2.93. The Kier molecular flexibility index (Phi) is 4.28. The Labute approximate surface area is 134 Å². The molecule has 0 amide bonds. The molecule has 1 aromatic carbocycles. The lowest BCUT2D eigenvalue weighted by Gasteiger charge is -2.33. The van der Waals surface area contributed by atoms with Crippen molar-refractivity contribution in [2.24, 2.45) is 5.92 Å². The lowest BCUT2D eigenvalue weighted by molar-refractivity contribution is -0.288. The first-order chi connectivity index (χ1) is 10.9. The number of hydrogen-bond acceptors (Lipinski definition) is 3. The summed E-state index contributed by atoms with van der Waals surface area (Å²) in [6.45, 7) is 1.92. The monoisotopic (exact) mass is 354 g/mol. The molecule has 0 aliphatic carbocycles. The molecule has 24 heavy (non-hydrogen) atoms. The summed E-state index contributed by atoms with van der Waals surface area (Å²) in [5, 5.41) is 9.55. The van der Waals surface area contributed by atoms with Gasteiger partial charge in [-0.2, -0.15) is 17.6 Å². The molecule has 0 aromatic heterocycles. The van der Waals surface area contributed by atoms with Crippen LogP contribution in [-0.4, -0.2) is 30.0 Å². The molecule has 1 heterocycles. The average molecular weight is 354 g/mol. The lowest BCUT2D eigenvalue weighted by atomic mass is 9.83. The minimum atomic E-state index is -4.85. The summed E-state index contributed by atoms with van der Waals surface area (Å²) in [5.74, 6) is -6.60. The van der Waals surface area contributed by atoms with Gasteiger partial charge >= 0.3 is 12.1 Å². The predicted molar refractivity (Wildman–Crippen MR) is 71.5 cm³/mol. The van der Waals surface area contributed by atoms with Gasteiger partial charge in [0.2, 0.25) is 5.82 Å². The molecule has 1 aliphatic rings. The maximum absolute atomic E-state index is 13.9. The number of carboxylic acids is 1. The van der Waals surface area contributed by atoms with Crippen molar-refractivity contribution >= 4 is 5.97 Å². The van der Waals surface area contributed by atoms with E-state index in [2.05, 4.69) is 0 Å². The molecular weight excluding hydrogens is 339 g/mol. The van der Waals surface area contributed by atoms with Crippen LogP contribution in [0.25, 0.3) is 0 Å². The highest BCUT2D eigenvalue weighted by atomic mass is 19.4. The van der Waals surface area contributed by atoms with Gasteiger partial charge in [0.15, 0.2) is 22.8 Å². The second-order valence-corrected chi connectivity index (χ2v) is 5.89. The highest BCUT2D eigenvalue weighted by Gasteiger charge is 2.68. The Bertz CT molecular complexity index is 675. The number of methoxy groups -OCH3 is 1. The zero-order valence-electron chi connectivity index (χ0n) is 13.0. The summed E-state index contributed by atoms with van der Waals surface area (Å²) in [6.07, 6.45) is -5.44. The fourth-order valence-electron chi connectivity index (χ4n) is 2.93. The van der Waals surface area contributed by atoms with E-state index in [4.69, 9.17) is 9.47 Å². The molecule has 134 valence electrons. The Morgan fingerprint density at radius 3 is 2.38 bits per heavy atom. The molecule has 1 fully saturated rings. The summed E-state index contributed by atoms with van der Waals surface area (Å²) in [7, 11) is 0.957. The molecule has 0 spiro atoms. The zero-order valence-corrected chi connectivity index (χ0v) is 13.0. The van der Waals surface area contributed by atoms with Gasteiger partial charge in [0.1, 0.15) is 0 Å². The van der Waals surface area contributed by atoms with Gasteiger partial charge in [0.25, 0.3) is 0 Å². The first-order valence-electron chi connectivity index (χ1n) is 6.93. The van der Waals surface area contributed by atoms with E-state index in [9.17, 15) is 31.9 Å². The van der Waals surface area contributed by atoms with Gasteiger partial charge in [0, 0.05) is 5.56 Å². The van der Waals surface area contributed by atoms with Crippen LogP contribution >= 0.6 is 0 Å². The number of rotatable bonds is 3. The molecule has 4 nitrogen and oxygen atoms in total. The number of halogens is 5. The lowest BCUT2D eigenvalue weighted by Crippen LogP contribution is -2.48. The van der Waals surface area contributed by atoms with Crippen LogP contribution in [-0.2, 0) is 15.1 Å². The van der Waals surface area contributed by atoms with E-state index in [1.54, 1.807) is 0 Å². The van der Waals surface area contributed by atoms with Crippen LogP contribution in [0.2, 0.25) is 0 Å². The molecule has 1 N–H and O–H groups in total. The number of hydrogen-bond donors (Lipinski definition) is 1. The number of carboxylic acid groups (broad SMARTS) is 1. The normalized spacial score (nSPS) is 30.4. The van der Waals surface area contributed by atoms with Gasteiger partial charge in [0.05, 0.1) is 7.11 Å². The Morgan fingerprint density at radius 1 is 1.38 bits per heavy atom. The molecule has 0 bridgehead atoms. The van der Waals surface area contributed by atoms with E-state index in [-0.39, 0.29) is 0 Å². The van der Waals surface area contributed by atoms with Crippen LogP contribution in [0.15, 0.2) is 12.1 Å². The third-order valence-corrected chi connectivity index (χ3v) is 4.52. The molecule has 0 radical (unpaired) electrons. The second kappa shape index (κ2) is 5.58. The predicted octanol–water partition coefficient (Wildman–Crippen LogP) is 3.63. The number of alkyl halides is 3. The maximum atomic E-state index is 13.9. The molecule has 2 rings (SSSR count). The smallest absolute Gasteiger partial charge is 0.417 e. The van der Waals surface area contributed by atoms with Gasteiger partial charge in [-0.05, 0) is 31.4 Å². The van der Waals surface area contributed by atoms with Crippen molar-refractivity contribution in [1.82, 2.24) is 0 Å². The van der Waals surface area contributed by atoms with Crippen LogP contribution in [0.4, 0.5) is 22.0 Å². The molecule has 3 atom stereocenters. The highest BCUT2D eigenvalue weighted by molar-refractivity contribution is 5.81. The van der Waals surface area contributed by atoms with E-state index >= 15 is 0 Å². The van der Waals surface area contributed by atoms with Gasteiger partial charge in [-0.1, -0.05) is 6.92 Å². The minimum absolute atomic E-state index is 0.503. The highest BCUT2D eigenvalue weighted by Crippen LogP contribution is 2.56. The van der Waals surface area contributed by atoms with E-state index in [1.165, 1.54) is 6.92 Å². The van der Waals surface area contributed by atoms with Crippen molar-refractivity contribution in [1.29, 1.82) is 0 Å². The van der Waals surface area contributed by atoms with Crippen LogP contribution in [0.1, 0.15) is 25.8 Å². The molecule has 3 unspecified atom stereocenters. The minimum Gasteiger partial charge on any atom is -0.493 e. The topological polar surface area (TPSA) is 55.8 Å². The number of benzene rings is 1. The van der Waals surface area contributed by atoms with Gasteiger partial charge in [-0.15, -0.1) is 0 Å². The molecule has 1 aliphatic heterocycles. The second-order valence-electron chi connectivity index (χ2n) is 5.89. The van der Waals surface area contributed by atoms with Crippen molar-refractivity contribution in [3.05, 3.63) is 29.3 Å². The first kappa shape index (κ1) is 18.4. The molecule has 1 aromatic rings. The van der Waals surface area contributed by atoms with Gasteiger partial charge in [-0.25, -0.2) is 9.18 Å². The molecule has 9 heteroatoms. The molecule has 1 saturated heterocycles. The van der Waals surface area contributed by atoms with E-state index in [0.717, 1.165) is 20.1 Å². The van der Waals surface area contributed by atoms with E-state index in [1.807, 2.05) is 0 Å². The van der Waals surface area contributed by atoms with Gasteiger partial charge in [-0.3, -0.25) is 0 Å². The third kappa shape index (κ3) is 2.42. The van der Waals surface area contributed by atoms with Crippen molar-refractivity contribution in [3.63, 3.8) is 0 Å². The Balaban J connectivity index is 2.69. The van der Waals surface area contributed by atoms with Gasteiger partial charge < -0.3 is 14.6 Å². The van der Waals surface area contributed by atoms with E-state index in [0.29, 0.717) is 6.07 Å². The van der Waals surface area contributed by atoms with Crippen molar-refractivity contribution < 1.29 is 41.3 Å². The molecule has 0 saturated carbocycles. The number of carbonyl (C=O) groups is 1. The summed E-state index contributed by atoms with van der Waals surface area (Å²) in [6, 6.07) is 1.48. The number of ether oxygens (including phenoxy) is 2. The Hall–Kier alpha value is -1.90. The Morgan fingerprint density at radius 2 is 1.96 bits per heavy atom. The van der Waals surface area contributed by atoms with Crippen molar-refractivity contribution in [3.8, 4) is 5.75 Å². The fraction of sp³-hybridized carbons (Fsp3) is 0.533. The van der Waals surface area contributed by atoms with Crippen LogP contribution in [0.3, 0.4) is 0 Å². The van der Waals surface area contributed by atoms with E-state index < -0.39 is 58.6 Å². The zero-order chi connectivity index (χ0) is 18.5. The quantitative estimate of drug-likeness (QED) is 0.843. The standard InChI is InChI=1S/C15H15F5O4/c1-7-6-14(12(21)22,24-13(7,2)15(18,19)20)8-4-5-9(16)10(17)11(8)23-3/h4-5,7H,6H2,1-3H3,(H,21,22). The van der Waals surface area contributed by atoms with Crippen LogP contribution in [0.5, 0.6) is 5.75 Å². The maximum Gasteiger partial charge on any atom is 0.417 e. The van der Waals surface area contributed by atoms with Crippen molar-refractivity contribution in [2.45, 2.75) is 37.6 Å². The molecular formula is C15H15F5O4. The largest absolute Gasteiger partial charge is 0.493 e. The van der Waals surface area contributed by atoms with Crippen LogP contribution < -0.4 is 4.74 Å². The third-order valence-electron chi connectivity index (χ3n) is 4.52. The van der Waals surface area contributed by atoms with Crippen molar-refractivity contribution in [2.75, 3.05) is 7.11 Å². The van der Waals surface area contributed by atoms with Crippen LogP contribution in [0, 0.1) is 17.6 Å².